The Hall–Kier alpha value is -1.95. The maximum Gasteiger partial charge on any atom is 0.257 e. The lowest BCUT2D eigenvalue weighted by molar-refractivity contribution is 0.489. The first-order valence-corrected chi connectivity index (χ1v) is 7.43. The molecule has 0 saturated carbocycles. The molecule has 0 aliphatic rings. The van der Waals surface area contributed by atoms with Crippen molar-refractivity contribution in [2.75, 3.05) is 5.73 Å². The van der Waals surface area contributed by atoms with Gasteiger partial charge in [-0.25, -0.2) is 4.98 Å². The fourth-order valence-corrected chi connectivity index (χ4v) is 2.60. The quantitative estimate of drug-likeness (QED) is 0.588. The van der Waals surface area contributed by atoms with Crippen LogP contribution in [-0.2, 0) is 5.75 Å². The Kier molecular flexibility index (Phi) is 3.40. The smallest absolute Gasteiger partial charge is 0.257 e. The minimum atomic E-state index is 0.376. The lowest BCUT2D eigenvalue weighted by atomic mass is 10.3. The Bertz CT molecular complexity index is 732. The highest BCUT2D eigenvalue weighted by atomic mass is 32.2. The molecule has 6 heteroatoms. The van der Waals surface area contributed by atoms with Crippen molar-refractivity contribution in [2.24, 2.45) is 0 Å². The van der Waals surface area contributed by atoms with E-state index in [2.05, 4.69) is 23.9 Å². The number of nitrogens with zero attached hydrogens (tertiary/aromatic N) is 3. The third kappa shape index (κ3) is 2.65. The van der Waals surface area contributed by atoms with Crippen molar-refractivity contribution in [1.29, 1.82) is 0 Å². The maximum atomic E-state index is 5.72. The van der Waals surface area contributed by atoms with E-state index in [1.54, 1.807) is 6.07 Å². The van der Waals surface area contributed by atoms with Gasteiger partial charge < -0.3 is 10.2 Å². The standard InChI is InChI=1S/C14H16N4OS/c1-9(2)18-6-5-11(17-18)8-20-14-16-12-4-3-10(15)7-13(12)19-14/h3-7,9H,8,15H2,1-2H3. The zero-order valence-electron chi connectivity index (χ0n) is 11.4. The van der Waals surface area contributed by atoms with Gasteiger partial charge in [-0.2, -0.15) is 5.10 Å². The number of rotatable bonds is 4. The summed E-state index contributed by atoms with van der Waals surface area (Å²) in [7, 11) is 0. The van der Waals surface area contributed by atoms with E-state index in [1.165, 1.54) is 11.8 Å². The minimum Gasteiger partial charge on any atom is -0.431 e. The van der Waals surface area contributed by atoms with Crippen molar-refractivity contribution >= 4 is 28.5 Å². The molecule has 0 radical (unpaired) electrons. The zero-order chi connectivity index (χ0) is 14.1. The molecule has 0 atom stereocenters. The van der Waals surface area contributed by atoms with Crippen LogP contribution in [0.1, 0.15) is 25.6 Å². The van der Waals surface area contributed by atoms with Gasteiger partial charge in [0.25, 0.3) is 5.22 Å². The van der Waals surface area contributed by atoms with E-state index in [9.17, 15) is 0 Å². The van der Waals surface area contributed by atoms with Gasteiger partial charge in [-0.3, -0.25) is 4.68 Å². The van der Waals surface area contributed by atoms with Crippen LogP contribution in [0, 0.1) is 0 Å². The summed E-state index contributed by atoms with van der Waals surface area (Å²) >= 11 is 1.54. The van der Waals surface area contributed by atoms with Crippen LogP contribution in [0.3, 0.4) is 0 Å². The summed E-state index contributed by atoms with van der Waals surface area (Å²) in [6.07, 6.45) is 1.99. The first-order valence-electron chi connectivity index (χ1n) is 6.45. The first-order chi connectivity index (χ1) is 9.61. The van der Waals surface area contributed by atoms with Gasteiger partial charge in [0, 0.05) is 29.7 Å². The van der Waals surface area contributed by atoms with Gasteiger partial charge in [-0.1, -0.05) is 11.8 Å². The number of anilines is 1. The molecule has 3 rings (SSSR count). The molecule has 104 valence electrons. The van der Waals surface area contributed by atoms with E-state index in [4.69, 9.17) is 10.2 Å². The number of nitrogen functional groups attached to an aromatic ring is 1. The maximum absolute atomic E-state index is 5.72. The van der Waals surface area contributed by atoms with E-state index in [-0.39, 0.29) is 0 Å². The van der Waals surface area contributed by atoms with Crippen LogP contribution in [0.2, 0.25) is 0 Å². The third-order valence-electron chi connectivity index (χ3n) is 2.93. The lowest BCUT2D eigenvalue weighted by Crippen LogP contribution is -2.01. The van der Waals surface area contributed by atoms with E-state index in [0.29, 0.717) is 17.0 Å². The van der Waals surface area contributed by atoms with E-state index < -0.39 is 0 Å². The van der Waals surface area contributed by atoms with Crippen LogP contribution in [0.5, 0.6) is 0 Å². The molecule has 0 unspecified atom stereocenters. The van der Waals surface area contributed by atoms with Crippen LogP contribution in [0.25, 0.3) is 11.1 Å². The molecule has 0 fully saturated rings. The molecule has 0 spiro atoms. The van der Waals surface area contributed by atoms with Crippen molar-refractivity contribution in [2.45, 2.75) is 30.9 Å². The van der Waals surface area contributed by atoms with Crippen LogP contribution in [-0.4, -0.2) is 14.8 Å². The molecule has 5 nitrogen and oxygen atoms in total. The Morgan fingerprint density at radius 1 is 1.35 bits per heavy atom. The SMILES string of the molecule is CC(C)n1ccc(CSc2nc3ccc(N)cc3o2)n1. The average molecular weight is 288 g/mol. The number of oxazole rings is 1. The lowest BCUT2D eigenvalue weighted by Gasteiger charge is -2.03. The van der Waals surface area contributed by atoms with Gasteiger partial charge in [-0.15, -0.1) is 0 Å². The minimum absolute atomic E-state index is 0.376. The third-order valence-corrected chi connectivity index (χ3v) is 3.79. The molecule has 0 aliphatic heterocycles. The summed E-state index contributed by atoms with van der Waals surface area (Å²) in [4.78, 5) is 4.42. The molecule has 1 aromatic carbocycles. The van der Waals surface area contributed by atoms with Gasteiger partial charge in [0.1, 0.15) is 5.52 Å². The number of benzene rings is 1. The molecule has 0 amide bonds. The number of aromatic nitrogens is 3. The van der Waals surface area contributed by atoms with Crippen LogP contribution in [0.4, 0.5) is 5.69 Å². The number of fused-ring (bicyclic) bond motifs is 1. The van der Waals surface area contributed by atoms with Gasteiger partial charge >= 0.3 is 0 Å². The summed E-state index contributed by atoms with van der Waals surface area (Å²) in [6.45, 7) is 4.21. The van der Waals surface area contributed by atoms with E-state index in [0.717, 1.165) is 22.5 Å². The van der Waals surface area contributed by atoms with Gasteiger partial charge in [-0.05, 0) is 32.0 Å². The van der Waals surface area contributed by atoms with Gasteiger partial charge in [0.2, 0.25) is 0 Å². The van der Waals surface area contributed by atoms with Crippen LogP contribution >= 0.6 is 11.8 Å². The average Bonchev–Trinajstić information content (AvgIpc) is 3.01. The predicted molar refractivity (Wildman–Crippen MR) is 80.6 cm³/mol. The van der Waals surface area contributed by atoms with Crippen LogP contribution in [0.15, 0.2) is 40.1 Å². The molecule has 0 aliphatic carbocycles. The van der Waals surface area contributed by atoms with E-state index >= 15 is 0 Å². The molecule has 2 heterocycles. The summed E-state index contributed by atoms with van der Waals surface area (Å²) in [6, 6.07) is 7.88. The van der Waals surface area contributed by atoms with Crippen LogP contribution < -0.4 is 5.73 Å². The molecule has 20 heavy (non-hydrogen) atoms. The van der Waals surface area contributed by atoms with Crippen molar-refractivity contribution in [1.82, 2.24) is 14.8 Å². The van der Waals surface area contributed by atoms with Gasteiger partial charge in [0.05, 0.1) is 5.69 Å². The molecular formula is C14H16N4OS. The number of hydrogen-bond acceptors (Lipinski definition) is 5. The molecular weight excluding hydrogens is 272 g/mol. The number of hydrogen-bond donors (Lipinski definition) is 1. The fraction of sp³-hybridized carbons (Fsp3) is 0.286. The molecule has 3 aromatic rings. The normalized spacial score (nSPS) is 11.6. The Balaban J connectivity index is 1.72. The topological polar surface area (TPSA) is 69.9 Å². The Morgan fingerprint density at radius 3 is 2.95 bits per heavy atom. The van der Waals surface area contributed by atoms with Crippen molar-refractivity contribution in [3.05, 3.63) is 36.2 Å². The number of thioether (sulfide) groups is 1. The monoisotopic (exact) mass is 288 g/mol. The molecule has 0 bridgehead atoms. The highest BCUT2D eigenvalue weighted by Crippen LogP contribution is 2.27. The molecule has 0 saturated heterocycles. The Morgan fingerprint density at radius 2 is 2.20 bits per heavy atom. The van der Waals surface area contributed by atoms with Crippen molar-refractivity contribution in [3.8, 4) is 0 Å². The van der Waals surface area contributed by atoms with Gasteiger partial charge in [0.15, 0.2) is 5.58 Å². The fourth-order valence-electron chi connectivity index (χ4n) is 1.86. The number of nitrogens with two attached hydrogens (primary N) is 1. The van der Waals surface area contributed by atoms with E-state index in [1.807, 2.05) is 29.1 Å². The second kappa shape index (κ2) is 5.20. The summed E-state index contributed by atoms with van der Waals surface area (Å²) in [5.41, 5.74) is 8.97. The second-order valence-corrected chi connectivity index (χ2v) is 5.80. The molecule has 2 aromatic heterocycles. The summed E-state index contributed by atoms with van der Waals surface area (Å²) in [5.74, 6) is 0.738. The zero-order valence-corrected chi connectivity index (χ0v) is 12.2. The highest BCUT2D eigenvalue weighted by molar-refractivity contribution is 7.98. The predicted octanol–water partition coefficient (Wildman–Crippen LogP) is 3.48. The second-order valence-electron chi connectivity index (χ2n) is 4.88. The summed E-state index contributed by atoms with van der Waals surface area (Å²) < 4.78 is 7.61. The largest absolute Gasteiger partial charge is 0.431 e. The Labute approximate surface area is 121 Å². The first kappa shape index (κ1) is 13.1. The highest BCUT2D eigenvalue weighted by Gasteiger charge is 2.08. The molecule has 2 N–H and O–H groups in total. The van der Waals surface area contributed by atoms with Crippen molar-refractivity contribution < 1.29 is 4.42 Å². The van der Waals surface area contributed by atoms with Crippen molar-refractivity contribution in [3.63, 3.8) is 0 Å². The summed E-state index contributed by atoms with van der Waals surface area (Å²) in [5, 5.41) is 5.14.